The minimum Gasteiger partial charge on any atom is -0.361 e. The zero-order valence-corrected chi connectivity index (χ0v) is 14.0. The SMILES string of the molecule is Cc1cc(CN2C[C@@H](F)C[C@H]2CN(C)C(=O)c2cc(C)on2)on1. The maximum Gasteiger partial charge on any atom is 0.275 e. The zero-order chi connectivity index (χ0) is 17.3. The van der Waals surface area contributed by atoms with Crippen molar-refractivity contribution in [1.29, 1.82) is 0 Å². The molecular formula is C16H21FN4O3. The predicted octanol–water partition coefficient (Wildman–Crippen LogP) is 1.96. The van der Waals surface area contributed by atoms with Gasteiger partial charge >= 0.3 is 0 Å². The van der Waals surface area contributed by atoms with E-state index in [0.29, 0.717) is 37.6 Å². The van der Waals surface area contributed by atoms with Crippen molar-refractivity contribution < 1.29 is 18.2 Å². The van der Waals surface area contributed by atoms with E-state index in [-0.39, 0.29) is 17.6 Å². The molecule has 1 fully saturated rings. The summed E-state index contributed by atoms with van der Waals surface area (Å²) >= 11 is 0. The average Bonchev–Trinajstić information content (AvgIpc) is 3.21. The highest BCUT2D eigenvalue weighted by molar-refractivity contribution is 5.92. The van der Waals surface area contributed by atoms with Crippen molar-refractivity contribution in [1.82, 2.24) is 20.1 Å². The summed E-state index contributed by atoms with van der Waals surface area (Å²) in [7, 11) is 1.69. The number of carbonyl (C=O) groups excluding carboxylic acids is 1. The molecule has 1 aliphatic rings. The molecule has 3 heterocycles. The van der Waals surface area contributed by atoms with Crippen LogP contribution in [0.3, 0.4) is 0 Å². The third-order valence-electron chi connectivity index (χ3n) is 4.19. The van der Waals surface area contributed by atoms with Crippen molar-refractivity contribution >= 4 is 5.91 Å². The summed E-state index contributed by atoms with van der Waals surface area (Å²) in [6.45, 7) is 4.80. The van der Waals surface area contributed by atoms with Gasteiger partial charge in [-0.25, -0.2) is 4.39 Å². The molecule has 0 N–H and O–H groups in total. The van der Waals surface area contributed by atoms with E-state index in [2.05, 4.69) is 10.3 Å². The second-order valence-electron chi connectivity index (χ2n) is 6.36. The maximum absolute atomic E-state index is 13.9. The number of amides is 1. The molecular weight excluding hydrogens is 315 g/mol. The molecule has 7 nitrogen and oxygen atoms in total. The second-order valence-corrected chi connectivity index (χ2v) is 6.36. The molecule has 1 aliphatic heterocycles. The minimum absolute atomic E-state index is 0.0765. The van der Waals surface area contributed by atoms with Crippen molar-refractivity contribution in [3.63, 3.8) is 0 Å². The Morgan fingerprint density at radius 3 is 2.79 bits per heavy atom. The van der Waals surface area contributed by atoms with Crippen molar-refractivity contribution in [2.75, 3.05) is 20.1 Å². The van der Waals surface area contributed by atoms with Gasteiger partial charge in [0.25, 0.3) is 5.91 Å². The summed E-state index contributed by atoms with van der Waals surface area (Å²) in [5, 5.41) is 7.59. The molecule has 0 bridgehead atoms. The number of rotatable bonds is 5. The second kappa shape index (κ2) is 6.72. The quantitative estimate of drug-likeness (QED) is 0.831. The van der Waals surface area contributed by atoms with Crippen LogP contribution in [0.25, 0.3) is 0 Å². The predicted molar refractivity (Wildman–Crippen MR) is 83.2 cm³/mol. The third-order valence-corrected chi connectivity index (χ3v) is 4.19. The molecule has 0 aromatic carbocycles. The lowest BCUT2D eigenvalue weighted by molar-refractivity contribution is 0.0735. The van der Waals surface area contributed by atoms with Gasteiger partial charge in [-0.3, -0.25) is 9.69 Å². The molecule has 2 atom stereocenters. The van der Waals surface area contributed by atoms with Crippen molar-refractivity contribution in [3.05, 3.63) is 35.0 Å². The molecule has 2 aromatic heterocycles. The van der Waals surface area contributed by atoms with Crippen LogP contribution in [0.4, 0.5) is 4.39 Å². The van der Waals surface area contributed by atoms with Gasteiger partial charge in [-0.15, -0.1) is 0 Å². The molecule has 0 radical (unpaired) electrons. The molecule has 1 amide bonds. The van der Waals surface area contributed by atoms with Crippen LogP contribution in [0, 0.1) is 13.8 Å². The number of hydrogen-bond acceptors (Lipinski definition) is 6. The number of aromatic nitrogens is 2. The minimum atomic E-state index is -0.906. The number of carbonyl (C=O) groups is 1. The molecule has 130 valence electrons. The number of nitrogens with zero attached hydrogens (tertiary/aromatic N) is 4. The van der Waals surface area contributed by atoms with Gasteiger partial charge < -0.3 is 13.9 Å². The van der Waals surface area contributed by atoms with Crippen LogP contribution in [-0.2, 0) is 6.54 Å². The molecule has 24 heavy (non-hydrogen) atoms. The maximum atomic E-state index is 13.9. The van der Waals surface area contributed by atoms with Crippen LogP contribution in [-0.4, -0.2) is 58.4 Å². The van der Waals surface area contributed by atoms with E-state index in [4.69, 9.17) is 9.05 Å². The Balaban J connectivity index is 1.64. The van der Waals surface area contributed by atoms with Gasteiger partial charge in [0.05, 0.1) is 12.2 Å². The smallest absolute Gasteiger partial charge is 0.275 e. The van der Waals surface area contributed by atoms with E-state index in [1.165, 1.54) is 0 Å². The van der Waals surface area contributed by atoms with Crippen LogP contribution in [0.2, 0.25) is 0 Å². The van der Waals surface area contributed by atoms with E-state index in [0.717, 1.165) is 5.69 Å². The molecule has 0 saturated carbocycles. The molecule has 2 aromatic rings. The Bertz CT molecular complexity index is 714. The van der Waals surface area contributed by atoms with E-state index in [1.807, 2.05) is 17.9 Å². The fourth-order valence-corrected chi connectivity index (χ4v) is 3.06. The molecule has 1 saturated heterocycles. The normalized spacial score (nSPS) is 21.3. The van der Waals surface area contributed by atoms with Gasteiger partial charge in [0.2, 0.25) is 0 Å². The highest BCUT2D eigenvalue weighted by Crippen LogP contribution is 2.24. The summed E-state index contributed by atoms with van der Waals surface area (Å²) in [5.41, 5.74) is 1.06. The van der Waals surface area contributed by atoms with Gasteiger partial charge in [0, 0.05) is 38.3 Å². The number of alkyl halides is 1. The van der Waals surface area contributed by atoms with Gasteiger partial charge in [-0.2, -0.15) is 0 Å². The van der Waals surface area contributed by atoms with Crippen LogP contribution in [0.1, 0.15) is 34.1 Å². The van der Waals surface area contributed by atoms with Gasteiger partial charge in [0.15, 0.2) is 11.5 Å². The number of hydrogen-bond donors (Lipinski definition) is 0. The number of halogens is 1. The number of likely N-dealkylation sites (N-methyl/N-ethyl adjacent to an activating group) is 1. The third kappa shape index (κ3) is 3.64. The highest BCUT2D eigenvalue weighted by atomic mass is 19.1. The molecule has 3 rings (SSSR count). The topological polar surface area (TPSA) is 75.6 Å². The fourth-order valence-electron chi connectivity index (χ4n) is 3.06. The first kappa shape index (κ1) is 16.6. The Morgan fingerprint density at radius 2 is 2.17 bits per heavy atom. The van der Waals surface area contributed by atoms with Crippen LogP contribution in [0.15, 0.2) is 21.2 Å². The van der Waals surface area contributed by atoms with E-state index < -0.39 is 6.17 Å². The standard InChI is InChI=1S/C16H21FN4O3/c1-10-4-14(24-18-10)9-21-7-12(17)6-13(21)8-20(3)16(22)15-5-11(2)23-19-15/h4-5,12-13H,6-9H2,1-3H3/t12-,13-/m0/s1. The largest absolute Gasteiger partial charge is 0.361 e. The summed E-state index contributed by atoms with van der Waals surface area (Å²) < 4.78 is 24.0. The number of likely N-dealkylation sites (tertiary alicyclic amines) is 1. The fraction of sp³-hybridized carbons (Fsp3) is 0.562. The first-order valence-electron chi connectivity index (χ1n) is 7.91. The Kier molecular flexibility index (Phi) is 4.66. The van der Waals surface area contributed by atoms with Gasteiger partial charge in [0.1, 0.15) is 11.9 Å². The molecule has 8 heteroatoms. The van der Waals surface area contributed by atoms with Gasteiger partial charge in [-0.05, 0) is 20.3 Å². The summed E-state index contributed by atoms with van der Waals surface area (Å²) in [4.78, 5) is 15.9. The number of aryl methyl sites for hydroxylation is 2. The highest BCUT2D eigenvalue weighted by Gasteiger charge is 2.34. The molecule has 0 unspecified atom stereocenters. The Labute approximate surface area is 139 Å². The van der Waals surface area contributed by atoms with Crippen LogP contribution >= 0.6 is 0 Å². The Hall–Kier alpha value is -2.22. The Morgan fingerprint density at radius 1 is 1.38 bits per heavy atom. The monoisotopic (exact) mass is 336 g/mol. The lowest BCUT2D eigenvalue weighted by Gasteiger charge is -2.27. The summed E-state index contributed by atoms with van der Waals surface area (Å²) in [6.07, 6.45) is -0.514. The van der Waals surface area contributed by atoms with Gasteiger partial charge in [-0.1, -0.05) is 10.3 Å². The van der Waals surface area contributed by atoms with Crippen LogP contribution < -0.4 is 0 Å². The van der Waals surface area contributed by atoms with Crippen molar-refractivity contribution in [2.45, 2.75) is 39.0 Å². The van der Waals surface area contributed by atoms with E-state index >= 15 is 0 Å². The summed E-state index contributed by atoms with van der Waals surface area (Å²) in [5.74, 6) is 1.05. The summed E-state index contributed by atoms with van der Waals surface area (Å²) in [6, 6.07) is 3.36. The lowest BCUT2D eigenvalue weighted by Crippen LogP contribution is -2.41. The molecule has 0 spiro atoms. The lowest BCUT2D eigenvalue weighted by atomic mass is 10.2. The first-order valence-corrected chi connectivity index (χ1v) is 7.91. The average molecular weight is 336 g/mol. The zero-order valence-electron chi connectivity index (χ0n) is 14.0. The van der Waals surface area contributed by atoms with Crippen molar-refractivity contribution in [2.24, 2.45) is 0 Å². The molecule has 0 aliphatic carbocycles. The first-order chi connectivity index (χ1) is 11.4. The van der Waals surface area contributed by atoms with E-state index in [9.17, 15) is 9.18 Å². The van der Waals surface area contributed by atoms with Crippen LogP contribution in [0.5, 0.6) is 0 Å². The van der Waals surface area contributed by atoms with Crippen molar-refractivity contribution in [3.8, 4) is 0 Å². The van der Waals surface area contributed by atoms with E-state index in [1.54, 1.807) is 24.9 Å².